The van der Waals surface area contributed by atoms with Gasteiger partial charge in [-0.3, -0.25) is 14.9 Å². The summed E-state index contributed by atoms with van der Waals surface area (Å²) in [7, 11) is 0. The number of nitrogen functional groups attached to an aromatic ring is 1. The van der Waals surface area contributed by atoms with Gasteiger partial charge in [0, 0.05) is 80.3 Å². The number of aromatic hydroxyl groups is 1. The van der Waals surface area contributed by atoms with E-state index in [1.165, 1.54) is 48.2 Å². The first-order valence-corrected chi connectivity index (χ1v) is 21.5. The molecule has 2 amide bonds. The minimum absolute atomic E-state index is 0.149. The number of anilines is 4. The summed E-state index contributed by atoms with van der Waals surface area (Å²) < 4.78 is 6.70. The van der Waals surface area contributed by atoms with Crippen molar-refractivity contribution in [2.45, 2.75) is 107 Å². The van der Waals surface area contributed by atoms with Crippen molar-refractivity contribution in [1.29, 1.82) is 0 Å². The number of hydrogen-bond acceptors (Lipinski definition) is 11. The number of para-hydroxylation sites is 1. The van der Waals surface area contributed by atoms with Gasteiger partial charge in [0.1, 0.15) is 23.6 Å². The lowest BCUT2D eigenvalue weighted by atomic mass is 9.79. The van der Waals surface area contributed by atoms with Gasteiger partial charge in [-0.05, 0) is 118 Å². The molecule has 5 fully saturated rings. The van der Waals surface area contributed by atoms with Crippen LogP contribution in [0.2, 0.25) is 0 Å². The number of phenols is 1. The third-order valence-electron chi connectivity index (χ3n) is 14.0. The standard InChI is InChI=1S/C46H54N8O4/c47-45-42(26-39(49-50-45)38-7-1-2-10-43(38)55)52-27-32-15-16-33(28-52)54(32)31-5-3-6-35(25-31)58-34-19-22-51(23-20-34)30-13-11-29(12-14-30)36-8-4-9-40-37(36)21-24-53(40)41-17-18-44(56)48-46(41)57/h1-10,25-26,29-30,32-34,41,55H,11-24,27-28H2,(H2,47,50)(H,48,56,57)/t29?,30?,32-,33+,41?. The molecule has 4 saturated heterocycles. The van der Waals surface area contributed by atoms with Gasteiger partial charge in [-0.2, -0.15) is 0 Å². The lowest BCUT2D eigenvalue weighted by Gasteiger charge is -2.43. The van der Waals surface area contributed by atoms with E-state index in [2.05, 4.69) is 77.6 Å². The summed E-state index contributed by atoms with van der Waals surface area (Å²) in [6, 6.07) is 25.6. The number of carbonyl (C=O) groups is 2. The average molecular weight is 783 g/mol. The lowest BCUT2D eigenvalue weighted by molar-refractivity contribution is -0.134. The molecule has 6 aliphatic rings. The Kier molecular flexibility index (Phi) is 9.83. The van der Waals surface area contributed by atoms with Crippen LogP contribution >= 0.6 is 0 Å². The molecule has 4 N–H and O–H groups in total. The average Bonchev–Trinajstić information content (AvgIpc) is 3.79. The van der Waals surface area contributed by atoms with Gasteiger partial charge in [0.25, 0.3) is 0 Å². The third-order valence-corrected chi connectivity index (χ3v) is 14.0. The van der Waals surface area contributed by atoms with Gasteiger partial charge in [-0.15, -0.1) is 10.2 Å². The number of aromatic nitrogens is 2. The van der Waals surface area contributed by atoms with Crippen LogP contribution in [0.3, 0.4) is 0 Å². The molecule has 6 heterocycles. The summed E-state index contributed by atoms with van der Waals surface area (Å²) in [5, 5.41) is 21.6. The predicted octanol–water partition coefficient (Wildman–Crippen LogP) is 6.03. The topological polar surface area (TPSA) is 140 Å². The molecule has 4 aromatic rings. The first kappa shape index (κ1) is 36.9. The Balaban J connectivity index is 0.726. The van der Waals surface area contributed by atoms with Crippen molar-refractivity contribution in [2.75, 3.05) is 53.2 Å². The van der Waals surface area contributed by atoms with Gasteiger partial charge < -0.3 is 35.2 Å². The number of ether oxygens (including phenoxy) is 1. The van der Waals surface area contributed by atoms with Gasteiger partial charge in [0.2, 0.25) is 11.8 Å². The lowest BCUT2D eigenvalue weighted by Crippen LogP contribution is -2.54. The fraction of sp³-hybridized carbons (Fsp3) is 0.478. The third kappa shape index (κ3) is 6.99. The van der Waals surface area contributed by atoms with E-state index in [-0.39, 0.29) is 29.7 Å². The van der Waals surface area contributed by atoms with Crippen LogP contribution in [0.25, 0.3) is 11.3 Å². The number of benzene rings is 3. The van der Waals surface area contributed by atoms with Gasteiger partial charge >= 0.3 is 0 Å². The van der Waals surface area contributed by atoms with Crippen LogP contribution in [-0.2, 0) is 16.0 Å². The minimum atomic E-state index is -0.247. The Morgan fingerprint density at radius 3 is 2.28 bits per heavy atom. The second-order valence-electron chi connectivity index (χ2n) is 17.3. The van der Waals surface area contributed by atoms with E-state index < -0.39 is 0 Å². The highest BCUT2D eigenvalue weighted by molar-refractivity contribution is 6.02. The van der Waals surface area contributed by atoms with Crippen molar-refractivity contribution >= 4 is 34.7 Å². The molecule has 10 rings (SSSR count). The maximum atomic E-state index is 12.7. The Labute approximate surface area is 340 Å². The zero-order valence-electron chi connectivity index (χ0n) is 33.1. The van der Waals surface area contributed by atoms with E-state index in [0.717, 1.165) is 76.3 Å². The highest BCUT2D eigenvalue weighted by atomic mass is 16.5. The highest BCUT2D eigenvalue weighted by Crippen LogP contribution is 2.43. The van der Waals surface area contributed by atoms with E-state index in [9.17, 15) is 14.7 Å². The SMILES string of the molecule is Nc1nnc(-c2ccccc2O)cc1N1C[C@H]2CC[C@@H](C1)N2c1cccc(OC2CCN(C3CCC(c4cccc5c4CCN5C4CCC(=O)NC4=O)CC3)CC2)c1. The Morgan fingerprint density at radius 2 is 1.50 bits per heavy atom. The number of nitrogens with zero attached hydrogens (tertiary/aromatic N) is 6. The van der Waals surface area contributed by atoms with Crippen molar-refractivity contribution in [3.63, 3.8) is 0 Å². The predicted molar refractivity (Wildman–Crippen MR) is 225 cm³/mol. The molecule has 1 unspecified atom stereocenters. The van der Waals surface area contributed by atoms with Crippen LogP contribution in [-0.4, -0.2) is 95.0 Å². The summed E-state index contributed by atoms with van der Waals surface area (Å²) in [6.45, 7) is 4.68. The van der Waals surface area contributed by atoms with Crippen LogP contribution in [0.4, 0.5) is 22.9 Å². The second kappa shape index (κ2) is 15.4. The van der Waals surface area contributed by atoms with Crippen molar-refractivity contribution < 1.29 is 19.4 Å². The van der Waals surface area contributed by atoms with Gasteiger partial charge in [-0.25, -0.2) is 0 Å². The Bertz CT molecular complexity index is 2170. The number of hydrogen-bond donors (Lipinski definition) is 3. The molecule has 12 nitrogen and oxygen atoms in total. The number of fused-ring (bicyclic) bond motifs is 3. The van der Waals surface area contributed by atoms with E-state index in [1.54, 1.807) is 12.1 Å². The fourth-order valence-corrected chi connectivity index (χ4v) is 11.2. The van der Waals surface area contributed by atoms with Crippen molar-refractivity contribution in [1.82, 2.24) is 20.4 Å². The smallest absolute Gasteiger partial charge is 0.249 e. The molecule has 3 atom stereocenters. The zero-order chi connectivity index (χ0) is 39.3. The number of nitrogens with one attached hydrogen (secondary N) is 1. The number of likely N-dealkylation sites (tertiary alicyclic amines) is 1. The van der Waals surface area contributed by atoms with Gasteiger partial charge in [0.05, 0.1) is 11.4 Å². The maximum Gasteiger partial charge on any atom is 0.249 e. The van der Waals surface area contributed by atoms with Gasteiger partial charge in [0.15, 0.2) is 5.82 Å². The summed E-state index contributed by atoms with van der Waals surface area (Å²) in [5.74, 6) is 1.81. The first-order valence-electron chi connectivity index (χ1n) is 21.5. The number of rotatable bonds is 8. The Hall–Kier alpha value is -5.36. The molecule has 0 radical (unpaired) electrons. The van der Waals surface area contributed by atoms with Crippen LogP contribution in [0, 0.1) is 0 Å². The molecule has 5 aliphatic heterocycles. The van der Waals surface area contributed by atoms with E-state index in [4.69, 9.17) is 10.5 Å². The normalized spacial score (nSPS) is 26.5. The Morgan fingerprint density at radius 1 is 0.741 bits per heavy atom. The van der Waals surface area contributed by atoms with Crippen LogP contribution in [0.1, 0.15) is 81.3 Å². The van der Waals surface area contributed by atoms with E-state index in [1.807, 2.05) is 18.2 Å². The van der Waals surface area contributed by atoms with Gasteiger partial charge in [-0.1, -0.05) is 30.3 Å². The first-order chi connectivity index (χ1) is 28.4. The number of piperidine rings is 2. The van der Waals surface area contributed by atoms with Crippen LogP contribution < -0.4 is 30.5 Å². The van der Waals surface area contributed by atoms with Crippen molar-refractivity contribution in [3.8, 4) is 22.8 Å². The molecule has 2 bridgehead atoms. The molecule has 1 aromatic heterocycles. The highest BCUT2D eigenvalue weighted by Gasteiger charge is 2.41. The molecule has 1 saturated carbocycles. The second-order valence-corrected chi connectivity index (χ2v) is 17.3. The summed E-state index contributed by atoms with van der Waals surface area (Å²) in [5.41, 5.74) is 13.9. The number of piperazine rings is 1. The maximum absolute atomic E-state index is 12.7. The largest absolute Gasteiger partial charge is 0.507 e. The van der Waals surface area contributed by atoms with E-state index in [0.29, 0.717) is 54.0 Å². The quantitative estimate of drug-likeness (QED) is 0.181. The number of phenolic OH excluding ortho intramolecular Hbond substituents is 1. The number of nitrogens with two attached hydrogens (primary N) is 1. The number of amides is 2. The molecule has 58 heavy (non-hydrogen) atoms. The number of carbonyl (C=O) groups excluding carboxylic acids is 2. The molecule has 1 aliphatic carbocycles. The molecule has 12 heteroatoms. The molecule has 0 spiro atoms. The van der Waals surface area contributed by atoms with E-state index >= 15 is 0 Å². The molecular weight excluding hydrogens is 729 g/mol. The molecule has 302 valence electrons. The van der Waals surface area contributed by atoms with Crippen LogP contribution in [0.15, 0.2) is 72.8 Å². The number of imide groups is 1. The molecule has 3 aromatic carbocycles. The fourth-order valence-electron chi connectivity index (χ4n) is 11.2. The molecular formula is C46H54N8O4. The summed E-state index contributed by atoms with van der Waals surface area (Å²) in [4.78, 5) is 34.4. The monoisotopic (exact) mass is 782 g/mol. The zero-order valence-corrected chi connectivity index (χ0v) is 33.1. The van der Waals surface area contributed by atoms with Crippen LogP contribution in [0.5, 0.6) is 11.5 Å². The summed E-state index contributed by atoms with van der Waals surface area (Å²) >= 11 is 0. The minimum Gasteiger partial charge on any atom is -0.507 e. The van der Waals surface area contributed by atoms with Crippen molar-refractivity contribution in [2.24, 2.45) is 0 Å². The summed E-state index contributed by atoms with van der Waals surface area (Å²) in [6.07, 6.45) is 11.4. The van der Waals surface area contributed by atoms with Crippen molar-refractivity contribution in [3.05, 3.63) is 83.9 Å².